The molecule has 88 valence electrons. The van der Waals surface area contributed by atoms with Crippen LogP contribution in [-0.4, -0.2) is 11.8 Å². The van der Waals surface area contributed by atoms with Crippen LogP contribution in [0.4, 0.5) is 5.69 Å². The van der Waals surface area contributed by atoms with Gasteiger partial charge in [0.15, 0.2) is 0 Å². The summed E-state index contributed by atoms with van der Waals surface area (Å²) in [7, 11) is 0. The quantitative estimate of drug-likeness (QED) is 0.734. The fourth-order valence-corrected chi connectivity index (χ4v) is 2.83. The first-order valence-electron chi connectivity index (χ1n) is 6.45. The molecule has 1 saturated carbocycles. The normalized spacial score (nSPS) is 27.4. The van der Waals surface area contributed by atoms with Crippen molar-refractivity contribution in [3.63, 3.8) is 0 Å². The smallest absolute Gasteiger partial charge is 0.0647 e. The average molecular weight is 226 g/mol. The van der Waals surface area contributed by atoms with Gasteiger partial charge in [-0.15, -0.1) is 0 Å². The number of dihydropyridines is 1. The van der Waals surface area contributed by atoms with Crippen LogP contribution in [0, 0.1) is 5.92 Å². The number of benzene rings is 1. The zero-order valence-corrected chi connectivity index (χ0v) is 9.97. The molecule has 0 saturated heterocycles. The van der Waals surface area contributed by atoms with Crippen molar-refractivity contribution in [3.05, 3.63) is 42.0 Å². The third kappa shape index (κ3) is 2.12. The molecule has 0 unspecified atom stereocenters. The van der Waals surface area contributed by atoms with Crippen molar-refractivity contribution in [2.24, 2.45) is 10.9 Å². The largest absolute Gasteiger partial charge is 0.399 e. The van der Waals surface area contributed by atoms with E-state index in [4.69, 9.17) is 10.7 Å². The number of nitrogens with two attached hydrogens (primary N) is 1. The van der Waals surface area contributed by atoms with E-state index in [1.807, 2.05) is 18.2 Å². The minimum atomic E-state index is 0.505. The van der Waals surface area contributed by atoms with Gasteiger partial charge in [0.25, 0.3) is 0 Å². The molecule has 2 N–H and O–H groups in total. The van der Waals surface area contributed by atoms with Crippen LogP contribution in [-0.2, 0) is 0 Å². The molecule has 2 atom stereocenters. The molecule has 1 aliphatic heterocycles. The van der Waals surface area contributed by atoms with Gasteiger partial charge >= 0.3 is 0 Å². The predicted octanol–water partition coefficient (Wildman–Crippen LogP) is 3.19. The molecule has 1 aliphatic carbocycles. The summed E-state index contributed by atoms with van der Waals surface area (Å²) >= 11 is 0. The fraction of sp³-hybridized carbons (Fsp3) is 0.400. The van der Waals surface area contributed by atoms with Crippen molar-refractivity contribution in [1.29, 1.82) is 0 Å². The summed E-state index contributed by atoms with van der Waals surface area (Å²) in [6.07, 6.45) is 9.73. The summed E-state index contributed by atoms with van der Waals surface area (Å²) < 4.78 is 0. The molecule has 2 aliphatic rings. The average Bonchev–Trinajstić information content (AvgIpc) is 2.38. The highest BCUT2D eigenvalue weighted by molar-refractivity contribution is 6.09. The van der Waals surface area contributed by atoms with Crippen molar-refractivity contribution >= 4 is 11.4 Å². The molecule has 0 radical (unpaired) electrons. The highest BCUT2D eigenvalue weighted by Crippen LogP contribution is 2.31. The van der Waals surface area contributed by atoms with Crippen LogP contribution >= 0.6 is 0 Å². The lowest BCUT2D eigenvalue weighted by Gasteiger charge is -2.29. The fourth-order valence-electron chi connectivity index (χ4n) is 2.83. The molecule has 0 bridgehead atoms. The Morgan fingerprint density at radius 2 is 2.06 bits per heavy atom. The molecule has 1 fully saturated rings. The maximum atomic E-state index is 5.82. The van der Waals surface area contributed by atoms with Gasteiger partial charge < -0.3 is 5.73 Å². The van der Waals surface area contributed by atoms with Crippen LogP contribution < -0.4 is 5.73 Å². The summed E-state index contributed by atoms with van der Waals surface area (Å²) in [6.45, 7) is 0. The molecule has 0 spiro atoms. The van der Waals surface area contributed by atoms with E-state index in [9.17, 15) is 0 Å². The van der Waals surface area contributed by atoms with Gasteiger partial charge in [0, 0.05) is 11.3 Å². The van der Waals surface area contributed by atoms with E-state index in [0.29, 0.717) is 12.0 Å². The Hall–Kier alpha value is -1.57. The van der Waals surface area contributed by atoms with Crippen LogP contribution in [0.1, 0.15) is 31.2 Å². The number of hydrogen-bond acceptors (Lipinski definition) is 2. The maximum absolute atomic E-state index is 5.82. The highest BCUT2D eigenvalue weighted by Gasteiger charge is 2.25. The van der Waals surface area contributed by atoms with Gasteiger partial charge in [-0.1, -0.05) is 31.1 Å². The zero-order chi connectivity index (χ0) is 11.7. The summed E-state index contributed by atoms with van der Waals surface area (Å²) in [6, 6.07) is 8.51. The Labute approximate surface area is 102 Å². The van der Waals surface area contributed by atoms with E-state index in [1.54, 1.807) is 0 Å². The van der Waals surface area contributed by atoms with Crippen molar-refractivity contribution in [1.82, 2.24) is 0 Å². The van der Waals surface area contributed by atoms with E-state index in [0.717, 1.165) is 17.0 Å². The first-order chi connectivity index (χ1) is 8.33. The molecule has 17 heavy (non-hydrogen) atoms. The molecule has 2 heteroatoms. The minimum absolute atomic E-state index is 0.505. The second-order valence-corrected chi connectivity index (χ2v) is 5.01. The van der Waals surface area contributed by atoms with Gasteiger partial charge in [0.2, 0.25) is 0 Å². The summed E-state index contributed by atoms with van der Waals surface area (Å²) in [4.78, 5) is 4.89. The SMILES string of the molecule is Nc1cccc(C2=N[C@@H]3CCCC[C@@H]3C=C2)c1. The van der Waals surface area contributed by atoms with E-state index in [2.05, 4.69) is 18.2 Å². The lowest BCUT2D eigenvalue weighted by molar-refractivity contribution is 0.361. The Bertz CT molecular complexity index is 474. The topological polar surface area (TPSA) is 38.4 Å². The van der Waals surface area contributed by atoms with Crippen molar-refractivity contribution < 1.29 is 0 Å². The van der Waals surface area contributed by atoms with Gasteiger partial charge in [-0.2, -0.15) is 0 Å². The third-order valence-electron chi connectivity index (χ3n) is 3.77. The van der Waals surface area contributed by atoms with Crippen LogP contribution in [0.3, 0.4) is 0 Å². The van der Waals surface area contributed by atoms with Gasteiger partial charge in [-0.25, -0.2) is 0 Å². The van der Waals surface area contributed by atoms with Gasteiger partial charge in [0.05, 0.1) is 11.8 Å². The molecule has 1 aromatic carbocycles. The second-order valence-electron chi connectivity index (χ2n) is 5.01. The van der Waals surface area contributed by atoms with Gasteiger partial charge in [0.1, 0.15) is 0 Å². The Kier molecular flexibility index (Phi) is 2.71. The van der Waals surface area contributed by atoms with E-state index in [-0.39, 0.29) is 0 Å². The number of anilines is 1. The van der Waals surface area contributed by atoms with Crippen molar-refractivity contribution in [2.75, 3.05) is 5.73 Å². The molecule has 0 aromatic heterocycles. The van der Waals surface area contributed by atoms with Crippen molar-refractivity contribution in [3.8, 4) is 0 Å². The Balaban J connectivity index is 1.89. The third-order valence-corrected chi connectivity index (χ3v) is 3.77. The molecule has 1 aromatic rings. The highest BCUT2D eigenvalue weighted by atomic mass is 14.8. The molecular weight excluding hydrogens is 208 g/mol. The number of nitrogens with zero attached hydrogens (tertiary/aromatic N) is 1. The molecule has 1 heterocycles. The standard InChI is InChI=1S/C15H18N2/c16-13-6-3-5-12(10-13)15-9-8-11-4-1-2-7-14(11)17-15/h3,5-6,8-11,14H,1-2,4,7,16H2/t11-,14-/m1/s1. The Morgan fingerprint density at radius 3 is 2.94 bits per heavy atom. The lowest BCUT2D eigenvalue weighted by atomic mass is 9.82. The van der Waals surface area contributed by atoms with Crippen LogP contribution in [0.2, 0.25) is 0 Å². The number of rotatable bonds is 1. The minimum Gasteiger partial charge on any atom is -0.399 e. The molecule has 3 rings (SSSR count). The summed E-state index contributed by atoms with van der Waals surface area (Å²) in [5.74, 6) is 0.675. The van der Waals surface area contributed by atoms with Crippen molar-refractivity contribution in [2.45, 2.75) is 31.7 Å². The number of aliphatic imine (C=N–C) groups is 1. The summed E-state index contributed by atoms with van der Waals surface area (Å²) in [5, 5.41) is 0. The number of fused-ring (bicyclic) bond motifs is 1. The number of nitrogen functional groups attached to an aromatic ring is 1. The first kappa shape index (κ1) is 10.6. The van der Waals surface area contributed by atoms with Gasteiger partial charge in [-0.05, 0) is 37.0 Å². The van der Waals surface area contributed by atoms with Crippen LogP contribution in [0.15, 0.2) is 41.4 Å². The van der Waals surface area contributed by atoms with Crippen LogP contribution in [0.25, 0.3) is 0 Å². The molecule has 0 amide bonds. The monoisotopic (exact) mass is 226 g/mol. The lowest BCUT2D eigenvalue weighted by Crippen LogP contribution is -2.25. The van der Waals surface area contributed by atoms with Crippen LogP contribution in [0.5, 0.6) is 0 Å². The van der Waals surface area contributed by atoms with E-state index >= 15 is 0 Å². The van der Waals surface area contributed by atoms with Gasteiger partial charge in [-0.3, -0.25) is 4.99 Å². The first-order valence-corrected chi connectivity index (χ1v) is 6.45. The number of allylic oxidation sites excluding steroid dienone is 1. The second kappa shape index (κ2) is 4.36. The Morgan fingerprint density at radius 1 is 1.18 bits per heavy atom. The predicted molar refractivity (Wildman–Crippen MR) is 72.3 cm³/mol. The maximum Gasteiger partial charge on any atom is 0.0647 e. The van der Waals surface area contributed by atoms with E-state index < -0.39 is 0 Å². The molecular formula is C15H18N2. The number of hydrogen-bond donors (Lipinski definition) is 1. The molecule has 2 nitrogen and oxygen atoms in total. The van der Waals surface area contributed by atoms with E-state index in [1.165, 1.54) is 25.7 Å². The zero-order valence-electron chi connectivity index (χ0n) is 9.97. The summed E-state index contributed by atoms with van der Waals surface area (Å²) in [5.41, 5.74) is 8.87.